The summed E-state index contributed by atoms with van der Waals surface area (Å²) < 4.78 is 35.1. The summed E-state index contributed by atoms with van der Waals surface area (Å²) in [5.41, 5.74) is 5.12. The molecule has 0 saturated carbocycles. The van der Waals surface area contributed by atoms with Crippen LogP contribution in [0.5, 0.6) is 34.5 Å². The van der Waals surface area contributed by atoms with Crippen LogP contribution in [-0.4, -0.2) is 50.9 Å². The second kappa shape index (κ2) is 9.94. The highest BCUT2D eigenvalue weighted by atomic mass is 16.5. The lowest BCUT2D eigenvalue weighted by Crippen LogP contribution is -2.20. The van der Waals surface area contributed by atoms with Gasteiger partial charge in [0.05, 0.1) is 64.6 Å². The number of fused-ring (bicyclic) bond motifs is 4. The molecule has 2 aliphatic heterocycles. The molecule has 8 nitrogen and oxygen atoms in total. The molecule has 40 heavy (non-hydrogen) atoms. The fraction of sp³-hybridized carbons (Fsp3) is 0.375. The fourth-order valence-corrected chi connectivity index (χ4v) is 6.28. The smallest absolute Gasteiger partial charge is 0.134 e. The van der Waals surface area contributed by atoms with Gasteiger partial charge in [0.2, 0.25) is 0 Å². The third-order valence-electron chi connectivity index (χ3n) is 8.23. The zero-order valence-electron chi connectivity index (χ0n) is 23.6. The molecule has 2 N–H and O–H groups in total. The van der Waals surface area contributed by atoms with E-state index in [0.717, 1.165) is 38.6 Å². The van der Waals surface area contributed by atoms with Crippen LogP contribution in [0.3, 0.4) is 0 Å². The fourth-order valence-electron chi connectivity index (χ4n) is 6.28. The summed E-state index contributed by atoms with van der Waals surface area (Å²) in [5, 5.41) is 25.9. The lowest BCUT2D eigenvalue weighted by molar-refractivity contribution is 0.0397. The average molecular weight is 547 g/mol. The Bertz CT molecular complexity index is 1660. The topological polar surface area (TPSA) is 95.8 Å². The minimum Gasteiger partial charge on any atom is -0.507 e. The number of aromatic hydroxyl groups is 2. The molecule has 0 aliphatic carbocycles. The minimum atomic E-state index is -0.0646. The number of hydrogen-bond donors (Lipinski definition) is 2. The number of ether oxygens (including phenoxy) is 6. The SMILES string of the molecule is COc1cc(OC)c2c(O)c3c(c(-c4c(OC)cc(OC)c5c(O)c6c(cc45)C[C@H](C)OC6)c2c1)C[C@H](C)OC3. The third kappa shape index (κ3) is 3.89. The summed E-state index contributed by atoms with van der Waals surface area (Å²) in [6.45, 7) is 4.63. The molecule has 8 heteroatoms. The first-order valence-electron chi connectivity index (χ1n) is 13.4. The maximum absolute atomic E-state index is 11.6. The van der Waals surface area contributed by atoms with Crippen molar-refractivity contribution >= 4 is 21.5 Å². The van der Waals surface area contributed by atoms with E-state index in [-0.39, 0.29) is 30.3 Å². The quantitative estimate of drug-likeness (QED) is 0.313. The van der Waals surface area contributed by atoms with E-state index in [4.69, 9.17) is 28.4 Å². The number of hydrogen-bond acceptors (Lipinski definition) is 8. The van der Waals surface area contributed by atoms with Crippen molar-refractivity contribution in [3.05, 3.63) is 46.5 Å². The molecule has 0 fully saturated rings. The molecule has 2 aliphatic rings. The molecule has 4 aromatic rings. The number of rotatable bonds is 5. The molecule has 0 amide bonds. The van der Waals surface area contributed by atoms with Gasteiger partial charge >= 0.3 is 0 Å². The maximum atomic E-state index is 11.6. The Labute approximate surface area is 232 Å². The largest absolute Gasteiger partial charge is 0.507 e. The number of methoxy groups -OCH3 is 4. The van der Waals surface area contributed by atoms with E-state index in [1.165, 1.54) is 0 Å². The van der Waals surface area contributed by atoms with Gasteiger partial charge in [0.1, 0.15) is 34.5 Å². The predicted octanol–water partition coefficient (Wildman–Crippen LogP) is 6.03. The summed E-state index contributed by atoms with van der Waals surface area (Å²) >= 11 is 0. The van der Waals surface area contributed by atoms with Gasteiger partial charge in [-0.1, -0.05) is 0 Å². The predicted molar refractivity (Wildman–Crippen MR) is 152 cm³/mol. The zero-order chi connectivity index (χ0) is 28.3. The van der Waals surface area contributed by atoms with Gasteiger partial charge in [-0.25, -0.2) is 0 Å². The maximum Gasteiger partial charge on any atom is 0.134 e. The van der Waals surface area contributed by atoms with Crippen molar-refractivity contribution in [1.82, 2.24) is 0 Å². The number of phenolic OH excluding ortho intramolecular Hbond substituents is 2. The Hall–Kier alpha value is -3.88. The first-order valence-corrected chi connectivity index (χ1v) is 13.4. The van der Waals surface area contributed by atoms with Crippen LogP contribution < -0.4 is 18.9 Å². The number of phenols is 2. The minimum absolute atomic E-state index is 0.0223. The molecule has 0 spiro atoms. The van der Waals surface area contributed by atoms with Crippen molar-refractivity contribution in [2.75, 3.05) is 28.4 Å². The van der Waals surface area contributed by atoms with E-state index in [1.54, 1.807) is 40.6 Å². The van der Waals surface area contributed by atoms with Crippen molar-refractivity contribution in [3.8, 4) is 45.6 Å². The Balaban J connectivity index is 1.85. The van der Waals surface area contributed by atoms with Crippen LogP contribution in [0.4, 0.5) is 0 Å². The van der Waals surface area contributed by atoms with E-state index in [9.17, 15) is 10.2 Å². The Morgan fingerprint density at radius 3 is 1.85 bits per heavy atom. The highest BCUT2D eigenvalue weighted by Gasteiger charge is 2.32. The van der Waals surface area contributed by atoms with Gasteiger partial charge in [-0.15, -0.1) is 0 Å². The first-order chi connectivity index (χ1) is 19.3. The van der Waals surface area contributed by atoms with Crippen molar-refractivity contribution < 1.29 is 38.6 Å². The molecular weight excluding hydrogens is 512 g/mol. The second-order valence-corrected chi connectivity index (χ2v) is 10.5. The molecule has 0 saturated heterocycles. The van der Waals surface area contributed by atoms with Crippen molar-refractivity contribution in [3.63, 3.8) is 0 Å². The first kappa shape index (κ1) is 26.3. The summed E-state index contributed by atoms with van der Waals surface area (Å²) in [6, 6.07) is 7.60. The molecule has 210 valence electrons. The summed E-state index contributed by atoms with van der Waals surface area (Å²) in [4.78, 5) is 0. The van der Waals surface area contributed by atoms with Gasteiger partial charge in [-0.3, -0.25) is 0 Å². The second-order valence-electron chi connectivity index (χ2n) is 10.5. The van der Waals surface area contributed by atoms with Crippen LogP contribution in [0.25, 0.3) is 32.7 Å². The van der Waals surface area contributed by atoms with E-state index < -0.39 is 0 Å². The van der Waals surface area contributed by atoms with Crippen LogP contribution in [0, 0.1) is 0 Å². The third-order valence-corrected chi connectivity index (χ3v) is 8.23. The Kier molecular flexibility index (Phi) is 6.55. The van der Waals surface area contributed by atoms with E-state index >= 15 is 0 Å². The van der Waals surface area contributed by atoms with Gasteiger partial charge in [-0.2, -0.15) is 0 Å². The molecule has 0 radical (unpaired) electrons. The van der Waals surface area contributed by atoms with E-state index in [1.807, 2.05) is 19.9 Å². The molecule has 6 rings (SSSR count). The Morgan fingerprint density at radius 1 is 0.625 bits per heavy atom. The molecule has 4 aromatic carbocycles. The molecule has 0 bridgehead atoms. The molecular formula is C32H34O8. The van der Waals surface area contributed by atoms with E-state index in [0.29, 0.717) is 58.8 Å². The highest BCUT2D eigenvalue weighted by Crippen LogP contribution is 2.54. The van der Waals surface area contributed by atoms with Gasteiger partial charge in [0.15, 0.2) is 0 Å². The van der Waals surface area contributed by atoms with Crippen LogP contribution in [0.1, 0.15) is 36.1 Å². The summed E-state index contributed by atoms with van der Waals surface area (Å²) in [6.07, 6.45) is 1.20. The van der Waals surface area contributed by atoms with Crippen LogP contribution >= 0.6 is 0 Å². The summed E-state index contributed by atoms with van der Waals surface area (Å²) in [5.74, 6) is 2.43. The van der Waals surface area contributed by atoms with Gasteiger partial charge in [0, 0.05) is 39.6 Å². The lowest BCUT2D eigenvalue weighted by Gasteiger charge is -2.30. The van der Waals surface area contributed by atoms with Gasteiger partial charge < -0.3 is 38.6 Å². The monoisotopic (exact) mass is 546 g/mol. The normalized spacial score (nSPS) is 18.4. The molecule has 0 aromatic heterocycles. The van der Waals surface area contributed by atoms with Crippen molar-refractivity contribution in [2.45, 2.75) is 52.1 Å². The average Bonchev–Trinajstić information content (AvgIpc) is 2.96. The molecule has 2 heterocycles. The molecule has 0 unspecified atom stereocenters. The molecule has 2 atom stereocenters. The zero-order valence-corrected chi connectivity index (χ0v) is 23.6. The van der Waals surface area contributed by atoms with Crippen molar-refractivity contribution in [2.24, 2.45) is 0 Å². The lowest BCUT2D eigenvalue weighted by atomic mass is 9.82. The standard InChI is InChI=1S/C32H34O8/c1-15-7-17-9-20-28(25(37-5)12-26(38-6)29(20)31(33)22(17)13-39-15)27-19-8-16(2)40-14-23(19)32(34)30-21(27)10-18(35-3)11-24(30)36-4/h9-12,15-16,33-34H,7-8,13-14H2,1-6H3/t15-,16-/m0/s1. The van der Waals surface area contributed by atoms with Crippen molar-refractivity contribution in [1.29, 1.82) is 0 Å². The Morgan fingerprint density at radius 2 is 1.20 bits per heavy atom. The highest BCUT2D eigenvalue weighted by molar-refractivity contribution is 6.15. The van der Waals surface area contributed by atoms with Crippen LogP contribution in [-0.2, 0) is 35.5 Å². The summed E-state index contributed by atoms with van der Waals surface area (Å²) in [7, 11) is 6.38. The van der Waals surface area contributed by atoms with Gasteiger partial charge in [-0.05, 0) is 55.5 Å². The van der Waals surface area contributed by atoms with Crippen LogP contribution in [0.15, 0.2) is 24.3 Å². The number of benzene rings is 4. The van der Waals surface area contributed by atoms with Gasteiger partial charge in [0.25, 0.3) is 0 Å². The van der Waals surface area contributed by atoms with E-state index in [2.05, 4.69) is 6.07 Å². The van der Waals surface area contributed by atoms with Crippen LogP contribution in [0.2, 0.25) is 0 Å².